The molecule has 31 heavy (non-hydrogen) atoms. The lowest BCUT2D eigenvalue weighted by molar-refractivity contribution is -0.140. The number of nitrogens with zero attached hydrogens (tertiary/aromatic N) is 1. The third kappa shape index (κ3) is 6.14. The summed E-state index contributed by atoms with van der Waals surface area (Å²) in [5, 5.41) is 3.61. The topological polar surface area (TPSA) is 67.9 Å². The zero-order valence-electron chi connectivity index (χ0n) is 18.2. The Labute approximate surface area is 188 Å². The first-order valence-electron chi connectivity index (χ1n) is 10.6. The number of rotatable bonds is 9. The molecule has 7 heteroatoms. The Kier molecular flexibility index (Phi) is 7.80. The molecule has 0 aromatic heterocycles. The maximum atomic E-state index is 13.2. The van der Waals surface area contributed by atoms with Crippen molar-refractivity contribution >= 4 is 23.4 Å². The number of carbonyl (C=O) groups excluding carboxylic acids is 2. The highest BCUT2D eigenvalue weighted by Gasteiger charge is 2.26. The van der Waals surface area contributed by atoms with Crippen molar-refractivity contribution in [3.8, 4) is 11.5 Å². The number of hydrogen-bond acceptors (Lipinski definition) is 4. The van der Waals surface area contributed by atoms with Crippen molar-refractivity contribution in [2.75, 3.05) is 6.79 Å². The molecule has 0 fully saturated rings. The smallest absolute Gasteiger partial charge is 0.242 e. The van der Waals surface area contributed by atoms with Crippen molar-refractivity contribution in [3.63, 3.8) is 0 Å². The minimum Gasteiger partial charge on any atom is -0.454 e. The number of hydrogen-bond donors (Lipinski definition) is 1. The van der Waals surface area contributed by atoms with Crippen LogP contribution in [0.1, 0.15) is 44.7 Å². The van der Waals surface area contributed by atoms with E-state index in [0.717, 1.165) is 23.3 Å². The minimum absolute atomic E-state index is 0.0519. The molecule has 166 valence electrons. The molecule has 0 aliphatic carbocycles. The van der Waals surface area contributed by atoms with Gasteiger partial charge in [0.15, 0.2) is 11.5 Å². The lowest BCUT2D eigenvalue weighted by Crippen LogP contribution is -2.49. The summed E-state index contributed by atoms with van der Waals surface area (Å²) in [5.74, 6) is 1.18. The van der Waals surface area contributed by atoms with E-state index >= 15 is 0 Å². The van der Waals surface area contributed by atoms with Crippen molar-refractivity contribution in [1.29, 1.82) is 0 Å². The summed E-state index contributed by atoms with van der Waals surface area (Å²) in [7, 11) is 0. The molecule has 6 nitrogen and oxygen atoms in total. The average molecular weight is 445 g/mol. The van der Waals surface area contributed by atoms with Crippen LogP contribution in [0.3, 0.4) is 0 Å². The van der Waals surface area contributed by atoms with Crippen LogP contribution in [0.15, 0.2) is 42.5 Å². The summed E-state index contributed by atoms with van der Waals surface area (Å²) in [6.07, 6.45) is 1.66. The predicted octanol–water partition coefficient (Wildman–Crippen LogP) is 4.33. The molecule has 1 N–H and O–H groups in total. The largest absolute Gasteiger partial charge is 0.454 e. The maximum Gasteiger partial charge on any atom is 0.242 e. The highest BCUT2D eigenvalue weighted by atomic mass is 35.5. The minimum atomic E-state index is -0.589. The molecule has 0 spiro atoms. The normalized spacial score (nSPS) is 14.1. The molecule has 2 aromatic carbocycles. The van der Waals surface area contributed by atoms with Gasteiger partial charge in [-0.15, -0.1) is 0 Å². The summed E-state index contributed by atoms with van der Waals surface area (Å²) in [4.78, 5) is 27.6. The molecule has 0 unspecified atom stereocenters. The van der Waals surface area contributed by atoms with Gasteiger partial charge < -0.3 is 19.7 Å². The van der Waals surface area contributed by atoms with Crippen molar-refractivity contribution in [1.82, 2.24) is 10.2 Å². The van der Waals surface area contributed by atoms with Gasteiger partial charge in [0, 0.05) is 24.0 Å². The lowest BCUT2D eigenvalue weighted by Gasteiger charge is -2.30. The molecule has 3 rings (SSSR count). The van der Waals surface area contributed by atoms with Gasteiger partial charge in [0.1, 0.15) is 6.04 Å². The van der Waals surface area contributed by atoms with E-state index in [9.17, 15) is 9.59 Å². The van der Waals surface area contributed by atoms with Gasteiger partial charge in [0.25, 0.3) is 0 Å². The summed E-state index contributed by atoms with van der Waals surface area (Å²) < 4.78 is 10.8. The predicted molar refractivity (Wildman–Crippen MR) is 120 cm³/mol. The Bertz CT molecular complexity index is 916. The first-order chi connectivity index (χ1) is 14.9. The first-order valence-corrected chi connectivity index (χ1v) is 11.0. The first kappa shape index (κ1) is 22.9. The molecular formula is C24H29ClN2O4. The number of halogens is 1. The maximum absolute atomic E-state index is 13.2. The van der Waals surface area contributed by atoms with Gasteiger partial charge in [0.2, 0.25) is 18.6 Å². The number of benzene rings is 2. The monoisotopic (exact) mass is 444 g/mol. The molecule has 2 aromatic rings. The number of fused-ring (bicyclic) bond motifs is 1. The van der Waals surface area contributed by atoms with E-state index in [4.69, 9.17) is 21.1 Å². The standard InChI is InChI=1S/C24H29ClN2O4/c1-4-16(2)26-24(29)17(3)27(14-19-5-9-20(25)10-6-19)23(28)12-8-18-7-11-21-22(13-18)31-15-30-21/h5-7,9-11,13,16-17H,4,8,12,14-15H2,1-3H3,(H,26,29)/t16-,17+/m0/s1. The molecule has 2 amide bonds. The molecule has 2 atom stereocenters. The molecular weight excluding hydrogens is 416 g/mol. The van der Waals surface area contributed by atoms with Crippen LogP contribution in [0.2, 0.25) is 5.02 Å². The van der Waals surface area contributed by atoms with E-state index in [2.05, 4.69) is 5.32 Å². The third-order valence-corrected chi connectivity index (χ3v) is 5.75. The van der Waals surface area contributed by atoms with Gasteiger partial charge in [0.05, 0.1) is 0 Å². The zero-order valence-corrected chi connectivity index (χ0v) is 18.9. The molecule has 0 bridgehead atoms. The molecule has 1 aliphatic heterocycles. The molecule has 0 radical (unpaired) electrons. The second kappa shape index (κ2) is 10.5. The van der Waals surface area contributed by atoms with Gasteiger partial charge >= 0.3 is 0 Å². The molecule has 0 saturated heterocycles. The average Bonchev–Trinajstić information content (AvgIpc) is 3.24. The Morgan fingerprint density at radius 1 is 1.06 bits per heavy atom. The highest BCUT2D eigenvalue weighted by molar-refractivity contribution is 6.30. The van der Waals surface area contributed by atoms with E-state index in [1.165, 1.54) is 0 Å². The van der Waals surface area contributed by atoms with E-state index in [-0.39, 0.29) is 31.1 Å². The third-order valence-electron chi connectivity index (χ3n) is 5.50. The van der Waals surface area contributed by atoms with Gasteiger partial charge in [-0.1, -0.05) is 36.7 Å². The summed E-state index contributed by atoms with van der Waals surface area (Å²) in [6, 6.07) is 12.5. The van der Waals surface area contributed by atoms with Gasteiger partial charge in [-0.3, -0.25) is 9.59 Å². The van der Waals surface area contributed by atoms with E-state index in [0.29, 0.717) is 23.7 Å². The summed E-state index contributed by atoms with van der Waals surface area (Å²) in [6.45, 7) is 6.29. The quantitative estimate of drug-likeness (QED) is 0.625. The number of nitrogens with one attached hydrogen (secondary N) is 1. The van der Waals surface area contributed by atoms with Crippen LogP contribution in [0.4, 0.5) is 0 Å². The summed E-state index contributed by atoms with van der Waals surface area (Å²) in [5.41, 5.74) is 1.91. The Hall–Kier alpha value is -2.73. The number of aryl methyl sites for hydroxylation is 1. The van der Waals surface area contributed by atoms with Crippen molar-refractivity contribution < 1.29 is 19.1 Å². The SMILES string of the molecule is CC[C@H](C)NC(=O)[C@@H](C)N(Cc1ccc(Cl)cc1)C(=O)CCc1ccc2c(c1)OCO2. The van der Waals surface area contributed by atoms with E-state index in [1.807, 2.05) is 44.2 Å². The van der Waals surface area contributed by atoms with Crippen LogP contribution in [-0.4, -0.2) is 35.6 Å². The lowest BCUT2D eigenvalue weighted by atomic mass is 10.1. The van der Waals surface area contributed by atoms with E-state index in [1.54, 1.807) is 24.0 Å². The van der Waals surface area contributed by atoms with Crippen LogP contribution in [-0.2, 0) is 22.6 Å². The van der Waals surface area contributed by atoms with E-state index < -0.39 is 6.04 Å². The fourth-order valence-electron chi connectivity index (χ4n) is 3.33. The van der Waals surface area contributed by atoms with Crippen LogP contribution in [0, 0.1) is 0 Å². The molecule has 1 aliphatic rings. The van der Waals surface area contributed by atoms with Gasteiger partial charge in [-0.2, -0.15) is 0 Å². The Morgan fingerprint density at radius 2 is 1.74 bits per heavy atom. The fourth-order valence-corrected chi connectivity index (χ4v) is 3.45. The number of carbonyl (C=O) groups is 2. The second-order valence-electron chi connectivity index (χ2n) is 7.83. The summed E-state index contributed by atoms with van der Waals surface area (Å²) >= 11 is 5.99. The molecule has 0 saturated carbocycles. The second-order valence-corrected chi connectivity index (χ2v) is 8.27. The highest BCUT2D eigenvalue weighted by Crippen LogP contribution is 2.32. The van der Waals surface area contributed by atoms with Crippen molar-refractivity contribution in [2.24, 2.45) is 0 Å². The van der Waals surface area contributed by atoms with Crippen molar-refractivity contribution in [3.05, 3.63) is 58.6 Å². The van der Waals surface area contributed by atoms with Gasteiger partial charge in [-0.25, -0.2) is 0 Å². The van der Waals surface area contributed by atoms with Crippen LogP contribution in [0.5, 0.6) is 11.5 Å². The number of ether oxygens (including phenoxy) is 2. The van der Waals surface area contributed by atoms with Gasteiger partial charge in [-0.05, 0) is 62.1 Å². The van der Waals surface area contributed by atoms with Crippen LogP contribution >= 0.6 is 11.6 Å². The molecule has 1 heterocycles. The van der Waals surface area contributed by atoms with Crippen molar-refractivity contribution in [2.45, 2.75) is 58.7 Å². The van der Waals surface area contributed by atoms with Crippen LogP contribution in [0.25, 0.3) is 0 Å². The number of amides is 2. The Morgan fingerprint density at radius 3 is 2.45 bits per heavy atom. The fraction of sp³-hybridized carbons (Fsp3) is 0.417. The Balaban J connectivity index is 1.71. The zero-order chi connectivity index (χ0) is 22.4. The van der Waals surface area contributed by atoms with Crippen LogP contribution < -0.4 is 14.8 Å².